The molecular formula is C23H30N4O2S+2. The SMILES string of the molecule is Cc1ccc([C@@H]([NH2+]CC(=O)N2CC[NH+](Cc3cc(C)on3)CC2)c2cccs2)cc1. The van der Waals surface area contributed by atoms with Gasteiger partial charge in [-0.05, 0) is 25.3 Å². The highest BCUT2D eigenvalue weighted by molar-refractivity contribution is 7.10. The molecule has 0 unspecified atom stereocenters. The highest BCUT2D eigenvalue weighted by Crippen LogP contribution is 2.23. The van der Waals surface area contributed by atoms with Gasteiger partial charge >= 0.3 is 0 Å². The van der Waals surface area contributed by atoms with Gasteiger partial charge in [-0.1, -0.05) is 41.1 Å². The van der Waals surface area contributed by atoms with E-state index >= 15 is 0 Å². The molecule has 4 rings (SSSR count). The van der Waals surface area contributed by atoms with E-state index in [0.717, 1.165) is 44.2 Å². The molecule has 1 saturated heterocycles. The predicted molar refractivity (Wildman–Crippen MR) is 116 cm³/mol. The molecule has 6 nitrogen and oxygen atoms in total. The maximum Gasteiger partial charge on any atom is 0.278 e. The number of aromatic nitrogens is 1. The van der Waals surface area contributed by atoms with Crippen LogP contribution in [0, 0.1) is 13.8 Å². The zero-order chi connectivity index (χ0) is 20.9. The summed E-state index contributed by atoms with van der Waals surface area (Å²) in [5.74, 6) is 1.07. The first-order chi connectivity index (χ1) is 14.6. The summed E-state index contributed by atoms with van der Waals surface area (Å²) >= 11 is 1.75. The molecule has 1 aliphatic heterocycles. The summed E-state index contributed by atoms with van der Waals surface area (Å²) in [6.45, 7) is 8.84. The molecule has 0 aliphatic carbocycles. The number of nitrogens with zero attached hydrogens (tertiary/aromatic N) is 2. The third-order valence-corrected chi connectivity index (χ3v) is 6.70. The average Bonchev–Trinajstić information content (AvgIpc) is 3.42. The number of amides is 1. The van der Waals surface area contributed by atoms with Crippen molar-refractivity contribution in [1.82, 2.24) is 10.1 Å². The predicted octanol–water partition coefficient (Wildman–Crippen LogP) is 0.933. The summed E-state index contributed by atoms with van der Waals surface area (Å²) in [5.41, 5.74) is 3.49. The first kappa shape index (κ1) is 20.8. The van der Waals surface area contributed by atoms with Gasteiger partial charge < -0.3 is 19.6 Å². The lowest BCUT2D eigenvalue weighted by molar-refractivity contribution is -0.918. The van der Waals surface area contributed by atoms with Crippen molar-refractivity contribution in [3.8, 4) is 0 Å². The van der Waals surface area contributed by atoms with Gasteiger partial charge in [-0.2, -0.15) is 0 Å². The zero-order valence-electron chi connectivity index (χ0n) is 17.6. The first-order valence-corrected chi connectivity index (χ1v) is 11.4. The number of nitrogens with two attached hydrogens (primary N) is 1. The molecule has 1 amide bonds. The van der Waals surface area contributed by atoms with E-state index in [-0.39, 0.29) is 11.9 Å². The molecule has 1 atom stereocenters. The van der Waals surface area contributed by atoms with Gasteiger partial charge in [0.25, 0.3) is 5.91 Å². The second-order valence-corrected chi connectivity index (χ2v) is 9.06. The van der Waals surface area contributed by atoms with E-state index in [0.29, 0.717) is 6.54 Å². The fraction of sp³-hybridized carbons (Fsp3) is 0.391. The number of carbonyl (C=O) groups excluding carboxylic acids is 1. The highest BCUT2D eigenvalue weighted by Gasteiger charge is 2.27. The molecule has 1 aromatic carbocycles. The minimum Gasteiger partial charge on any atom is -0.361 e. The molecule has 30 heavy (non-hydrogen) atoms. The number of benzene rings is 1. The van der Waals surface area contributed by atoms with Crippen LogP contribution in [0.25, 0.3) is 0 Å². The van der Waals surface area contributed by atoms with Gasteiger partial charge in [0.2, 0.25) is 0 Å². The number of nitrogens with one attached hydrogen (secondary N) is 1. The Balaban J connectivity index is 1.31. The minimum atomic E-state index is 0.164. The largest absolute Gasteiger partial charge is 0.361 e. The average molecular weight is 427 g/mol. The second-order valence-electron chi connectivity index (χ2n) is 8.08. The molecule has 158 valence electrons. The normalized spacial score (nSPS) is 16.0. The van der Waals surface area contributed by atoms with E-state index in [1.54, 1.807) is 11.3 Å². The van der Waals surface area contributed by atoms with Crippen LogP contribution in [0.1, 0.15) is 33.5 Å². The Bertz CT molecular complexity index is 944. The van der Waals surface area contributed by atoms with Crippen molar-refractivity contribution in [2.75, 3.05) is 32.7 Å². The topological polar surface area (TPSA) is 67.4 Å². The highest BCUT2D eigenvalue weighted by atomic mass is 32.1. The van der Waals surface area contributed by atoms with Crippen molar-refractivity contribution in [2.45, 2.75) is 26.4 Å². The van der Waals surface area contributed by atoms with Crippen LogP contribution in [0.4, 0.5) is 0 Å². The van der Waals surface area contributed by atoms with Crippen LogP contribution in [0.3, 0.4) is 0 Å². The fourth-order valence-electron chi connectivity index (χ4n) is 4.01. The molecule has 2 aromatic heterocycles. The van der Waals surface area contributed by atoms with E-state index in [2.05, 4.69) is 59.2 Å². The van der Waals surface area contributed by atoms with Crippen LogP contribution in [-0.4, -0.2) is 48.7 Å². The van der Waals surface area contributed by atoms with Crippen LogP contribution in [0.2, 0.25) is 0 Å². The zero-order valence-corrected chi connectivity index (χ0v) is 18.5. The summed E-state index contributed by atoms with van der Waals surface area (Å²) in [6, 6.07) is 15.0. The first-order valence-electron chi connectivity index (χ1n) is 10.6. The van der Waals surface area contributed by atoms with E-state index < -0.39 is 0 Å². The summed E-state index contributed by atoms with van der Waals surface area (Å²) in [6.07, 6.45) is 0. The molecule has 3 N–H and O–H groups in total. The summed E-state index contributed by atoms with van der Waals surface area (Å²) in [5, 5.41) is 8.37. The Morgan fingerprint density at radius 1 is 1.23 bits per heavy atom. The van der Waals surface area contributed by atoms with E-state index in [4.69, 9.17) is 4.52 Å². The van der Waals surface area contributed by atoms with Gasteiger partial charge in [0.05, 0.1) is 31.1 Å². The smallest absolute Gasteiger partial charge is 0.278 e. The van der Waals surface area contributed by atoms with Gasteiger partial charge in [-0.3, -0.25) is 4.79 Å². The van der Waals surface area contributed by atoms with E-state index in [1.165, 1.54) is 20.9 Å². The number of hydrogen-bond donors (Lipinski definition) is 2. The fourth-order valence-corrected chi connectivity index (χ4v) is 4.86. The Morgan fingerprint density at radius 3 is 2.63 bits per heavy atom. The lowest BCUT2D eigenvalue weighted by atomic mass is 10.0. The van der Waals surface area contributed by atoms with Crippen LogP contribution in [-0.2, 0) is 11.3 Å². The molecule has 3 heterocycles. The van der Waals surface area contributed by atoms with Gasteiger partial charge in [-0.25, -0.2) is 0 Å². The van der Waals surface area contributed by atoms with Crippen LogP contribution in [0.5, 0.6) is 0 Å². The van der Waals surface area contributed by atoms with Gasteiger partial charge in [0.1, 0.15) is 24.0 Å². The van der Waals surface area contributed by atoms with Crippen LogP contribution in [0.15, 0.2) is 52.4 Å². The lowest BCUT2D eigenvalue weighted by Crippen LogP contribution is -3.13. The molecule has 1 fully saturated rings. The van der Waals surface area contributed by atoms with Crippen molar-refractivity contribution in [2.24, 2.45) is 0 Å². The molecule has 0 saturated carbocycles. The van der Waals surface area contributed by atoms with Crippen molar-refractivity contribution < 1.29 is 19.5 Å². The Morgan fingerprint density at radius 2 is 2.00 bits per heavy atom. The van der Waals surface area contributed by atoms with Crippen molar-refractivity contribution in [3.05, 3.63) is 75.3 Å². The third kappa shape index (κ3) is 5.16. The number of piperazine rings is 1. The Kier molecular flexibility index (Phi) is 6.62. The maximum atomic E-state index is 12.9. The Hall–Kier alpha value is -2.48. The van der Waals surface area contributed by atoms with Crippen molar-refractivity contribution in [3.63, 3.8) is 0 Å². The van der Waals surface area contributed by atoms with Crippen LogP contribution >= 0.6 is 11.3 Å². The summed E-state index contributed by atoms with van der Waals surface area (Å²) in [7, 11) is 0. The van der Waals surface area contributed by atoms with Gasteiger partial charge in [0, 0.05) is 11.6 Å². The van der Waals surface area contributed by atoms with Gasteiger partial charge in [-0.15, -0.1) is 11.3 Å². The van der Waals surface area contributed by atoms with Crippen LogP contribution < -0.4 is 10.2 Å². The van der Waals surface area contributed by atoms with Crippen molar-refractivity contribution in [1.29, 1.82) is 0 Å². The number of quaternary nitrogens is 2. The standard InChI is InChI=1S/C23H28N4O2S/c1-17-5-7-19(8-6-17)23(21-4-3-13-30-21)24-15-22(28)27-11-9-26(10-12-27)16-20-14-18(2)29-25-20/h3-8,13-14,23-24H,9-12,15-16H2,1-2H3/p+2/t23-/m1/s1. The number of thiophene rings is 1. The number of rotatable bonds is 7. The van der Waals surface area contributed by atoms with Crippen molar-refractivity contribution >= 4 is 17.2 Å². The second kappa shape index (κ2) is 9.55. The molecule has 0 bridgehead atoms. The van der Waals surface area contributed by atoms with E-state index in [9.17, 15) is 4.79 Å². The number of hydrogen-bond acceptors (Lipinski definition) is 4. The number of carbonyl (C=O) groups is 1. The van der Waals surface area contributed by atoms with Gasteiger partial charge in [0.15, 0.2) is 6.54 Å². The lowest BCUT2D eigenvalue weighted by Gasteiger charge is -2.31. The Labute approximate surface area is 181 Å². The maximum absolute atomic E-state index is 12.9. The monoisotopic (exact) mass is 426 g/mol. The molecular weight excluding hydrogens is 396 g/mol. The molecule has 0 spiro atoms. The third-order valence-electron chi connectivity index (χ3n) is 5.75. The summed E-state index contributed by atoms with van der Waals surface area (Å²) in [4.78, 5) is 17.6. The molecule has 3 aromatic rings. The molecule has 1 aliphatic rings. The minimum absolute atomic E-state index is 0.164. The summed E-state index contributed by atoms with van der Waals surface area (Å²) < 4.78 is 5.16. The molecule has 0 radical (unpaired) electrons. The quantitative estimate of drug-likeness (QED) is 0.591. The van der Waals surface area contributed by atoms with E-state index in [1.807, 2.05) is 17.9 Å². The number of aryl methyl sites for hydroxylation is 2. The molecule has 7 heteroatoms.